The van der Waals surface area contributed by atoms with Crippen molar-refractivity contribution < 1.29 is 18.8 Å². The number of likely N-dealkylation sites (tertiary alicyclic amines) is 1. The van der Waals surface area contributed by atoms with E-state index >= 15 is 0 Å². The number of carbonyl (C=O) groups is 3. The number of hydrogen-bond donors (Lipinski definition) is 3. The van der Waals surface area contributed by atoms with Crippen molar-refractivity contribution in [2.45, 2.75) is 18.4 Å². The fourth-order valence-corrected chi connectivity index (χ4v) is 2.93. The summed E-state index contributed by atoms with van der Waals surface area (Å²) in [5, 5.41) is 7.44. The first-order chi connectivity index (χ1) is 11.0. The number of anilines is 1. The first-order valence-electron chi connectivity index (χ1n) is 7.39. The smallest absolute Gasteiger partial charge is 0.322 e. The molecule has 2 heterocycles. The van der Waals surface area contributed by atoms with Crippen LogP contribution in [-0.2, 0) is 9.59 Å². The lowest BCUT2D eigenvalue weighted by molar-refractivity contribution is -0.125. The molecule has 0 atom stereocenters. The molecule has 0 unspecified atom stereocenters. The van der Waals surface area contributed by atoms with Gasteiger partial charge in [-0.3, -0.25) is 19.8 Å². The van der Waals surface area contributed by atoms with Gasteiger partial charge in [-0.1, -0.05) is 12.1 Å². The van der Waals surface area contributed by atoms with Gasteiger partial charge in [0, 0.05) is 13.1 Å². The SMILES string of the molecule is O=C(CN1CCC2(CC1)NC(=O)NC2=O)Nc1ccccc1F. The van der Waals surface area contributed by atoms with E-state index in [0.29, 0.717) is 25.9 Å². The summed E-state index contributed by atoms with van der Waals surface area (Å²) in [6.45, 7) is 1.11. The highest BCUT2D eigenvalue weighted by Gasteiger charge is 2.47. The van der Waals surface area contributed by atoms with E-state index in [1.807, 2.05) is 4.90 Å². The largest absolute Gasteiger partial charge is 0.323 e. The number of nitrogens with zero attached hydrogens (tertiary/aromatic N) is 1. The summed E-state index contributed by atoms with van der Waals surface area (Å²) >= 11 is 0. The molecule has 0 saturated carbocycles. The molecular weight excluding hydrogens is 303 g/mol. The van der Waals surface area contributed by atoms with Gasteiger partial charge in [0.25, 0.3) is 5.91 Å². The minimum atomic E-state index is -0.852. The Bertz CT molecular complexity index is 656. The van der Waals surface area contributed by atoms with Crippen LogP contribution in [0.1, 0.15) is 12.8 Å². The zero-order chi connectivity index (χ0) is 16.4. The summed E-state index contributed by atoms with van der Waals surface area (Å²) in [6, 6.07) is 5.50. The predicted molar refractivity (Wildman–Crippen MR) is 80.1 cm³/mol. The number of hydrogen-bond acceptors (Lipinski definition) is 4. The van der Waals surface area contributed by atoms with E-state index in [1.165, 1.54) is 12.1 Å². The maximum absolute atomic E-state index is 13.5. The van der Waals surface area contributed by atoms with Gasteiger partial charge in [-0.25, -0.2) is 9.18 Å². The van der Waals surface area contributed by atoms with Gasteiger partial charge in [-0.05, 0) is 25.0 Å². The Labute approximate surface area is 132 Å². The molecule has 1 aromatic carbocycles. The van der Waals surface area contributed by atoms with Gasteiger partial charge >= 0.3 is 6.03 Å². The van der Waals surface area contributed by atoms with Crippen LogP contribution in [0, 0.1) is 5.82 Å². The standard InChI is InChI=1S/C15H17FN4O3/c16-10-3-1-2-4-11(10)17-12(21)9-20-7-5-15(6-8-20)13(22)18-14(23)19-15/h1-4H,5-9H2,(H,17,21)(H2,18,19,22,23). The Balaban J connectivity index is 1.53. The number of urea groups is 1. The number of nitrogens with one attached hydrogen (secondary N) is 3. The lowest BCUT2D eigenvalue weighted by Crippen LogP contribution is -2.55. The fraction of sp³-hybridized carbons (Fsp3) is 0.400. The third-order valence-electron chi connectivity index (χ3n) is 4.24. The van der Waals surface area contributed by atoms with Crippen LogP contribution in [0.25, 0.3) is 0 Å². The average Bonchev–Trinajstić information content (AvgIpc) is 2.78. The van der Waals surface area contributed by atoms with Crippen molar-refractivity contribution in [2.24, 2.45) is 0 Å². The van der Waals surface area contributed by atoms with Crippen molar-refractivity contribution >= 4 is 23.5 Å². The van der Waals surface area contributed by atoms with Gasteiger partial charge in [-0.15, -0.1) is 0 Å². The van der Waals surface area contributed by atoms with Crippen LogP contribution in [-0.4, -0.2) is 47.9 Å². The molecule has 122 valence electrons. The van der Waals surface area contributed by atoms with Crippen LogP contribution in [0.15, 0.2) is 24.3 Å². The summed E-state index contributed by atoms with van der Waals surface area (Å²) in [5.41, 5.74) is -0.705. The van der Waals surface area contributed by atoms with E-state index in [1.54, 1.807) is 12.1 Å². The highest BCUT2D eigenvalue weighted by molar-refractivity contribution is 6.07. The van der Waals surface area contributed by atoms with Crippen LogP contribution in [0.2, 0.25) is 0 Å². The first-order valence-corrected chi connectivity index (χ1v) is 7.39. The third kappa shape index (κ3) is 3.16. The summed E-state index contributed by atoms with van der Waals surface area (Å²) in [4.78, 5) is 37.0. The van der Waals surface area contributed by atoms with Crippen molar-refractivity contribution in [3.8, 4) is 0 Å². The summed E-state index contributed by atoms with van der Waals surface area (Å²) in [7, 11) is 0. The van der Waals surface area contributed by atoms with E-state index in [2.05, 4.69) is 16.0 Å². The summed E-state index contributed by atoms with van der Waals surface area (Å²) < 4.78 is 13.5. The fourth-order valence-electron chi connectivity index (χ4n) is 2.93. The molecule has 2 saturated heterocycles. The quantitative estimate of drug-likeness (QED) is 0.705. The second kappa shape index (κ2) is 5.96. The van der Waals surface area contributed by atoms with Crippen molar-refractivity contribution in [3.63, 3.8) is 0 Å². The second-order valence-corrected chi connectivity index (χ2v) is 5.79. The molecule has 1 aromatic rings. The van der Waals surface area contributed by atoms with E-state index in [0.717, 1.165) is 0 Å². The van der Waals surface area contributed by atoms with Crippen LogP contribution >= 0.6 is 0 Å². The van der Waals surface area contributed by atoms with E-state index in [-0.39, 0.29) is 24.0 Å². The molecule has 3 N–H and O–H groups in total. The van der Waals surface area contributed by atoms with Crippen LogP contribution < -0.4 is 16.0 Å². The summed E-state index contributed by atoms with van der Waals surface area (Å²) in [5.74, 6) is -1.10. The van der Waals surface area contributed by atoms with Gasteiger partial charge in [-0.2, -0.15) is 0 Å². The highest BCUT2D eigenvalue weighted by Crippen LogP contribution is 2.25. The van der Waals surface area contributed by atoms with Crippen LogP contribution in [0.3, 0.4) is 0 Å². The maximum atomic E-state index is 13.5. The van der Waals surface area contributed by atoms with Crippen molar-refractivity contribution in [3.05, 3.63) is 30.1 Å². The molecule has 8 heteroatoms. The molecule has 1 spiro atoms. The molecule has 2 aliphatic rings. The lowest BCUT2D eigenvalue weighted by atomic mass is 9.88. The van der Waals surface area contributed by atoms with Crippen molar-refractivity contribution in [2.75, 3.05) is 25.0 Å². The Morgan fingerprint density at radius 1 is 1.26 bits per heavy atom. The molecule has 0 aromatic heterocycles. The monoisotopic (exact) mass is 320 g/mol. The lowest BCUT2D eigenvalue weighted by Gasteiger charge is -2.36. The van der Waals surface area contributed by atoms with Gasteiger partial charge in [0.05, 0.1) is 12.2 Å². The van der Waals surface area contributed by atoms with Crippen molar-refractivity contribution in [1.29, 1.82) is 0 Å². The number of rotatable bonds is 3. The third-order valence-corrected chi connectivity index (χ3v) is 4.24. The van der Waals surface area contributed by atoms with Crippen LogP contribution in [0.4, 0.5) is 14.9 Å². The number of amides is 4. The zero-order valence-corrected chi connectivity index (χ0v) is 12.4. The van der Waals surface area contributed by atoms with E-state index < -0.39 is 17.4 Å². The van der Waals surface area contributed by atoms with Crippen molar-refractivity contribution in [1.82, 2.24) is 15.5 Å². The minimum absolute atomic E-state index is 0.111. The van der Waals surface area contributed by atoms with Gasteiger partial charge < -0.3 is 10.6 Å². The van der Waals surface area contributed by atoms with E-state index in [4.69, 9.17) is 0 Å². The predicted octanol–water partition coefficient (Wildman–Crippen LogP) is 0.438. The molecular formula is C15H17FN4O3. The zero-order valence-electron chi connectivity index (χ0n) is 12.4. The normalized spacial score (nSPS) is 20.2. The molecule has 7 nitrogen and oxygen atoms in total. The minimum Gasteiger partial charge on any atom is -0.323 e. The second-order valence-electron chi connectivity index (χ2n) is 5.79. The molecule has 0 aliphatic carbocycles. The molecule has 0 radical (unpaired) electrons. The maximum Gasteiger partial charge on any atom is 0.322 e. The molecule has 0 bridgehead atoms. The Morgan fingerprint density at radius 3 is 2.57 bits per heavy atom. The number of imide groups is 1. The van der Waals surface area contributed by atoms with E-state index in [9.17, 15) is 18.8 Å². The molecule has 23 heavy (non-hydrogen) atoms. The molecule has 3 rings (SSSR count). The molecule has 2 aliphatic heterocycles. The number of benzene rings is 1. The Morgan fingerprint density at radius 2 is 1.96 bits per heavy atom. The number of para-hydroxylation sites is 1. The van der Waals surface area contributed by atoms with Gasteiger partial charge in [0.15, 0.2) is 0 Å². The Hall–Kier alpha value is -2.48. The van der Waals surface area contributed by atoms with Gasteiger partial charge in [0.1, 0.15) is 11.4 Å². The number of piperidine rings is 1. The topological polar surface area (TPSA) is 90.5 Å². The molecule has 4 amide bonds. The average molecular weight is 320 g/mol. The highest BCUT2D eigenvalue weighted by atomic mass is 19.1. The number of carbonyl (C=O) groups excluding carboxylic acids is 3. The molecule has 2 fully saturated rings. The summed E-state index contributed by atoms with van der Waals surface area (Å²) in [6.07, 6.45) is 0.884. The van der Waals surface area contributed by atoms with Crippen LogP contribution in [0.5, 0.6) is 0 Å². The van der Waals surface area contributed by atoms with Gasteiger partial charge in [0.2, 0.25) is 5.91 Å². The number of halogens is 1. The first kappa shape index (κ1) is 15.4. The Kier molecular flexibility index (Phi) is 3.99.